The topological polar surface area (TPSA) is 54.4 Å². The number of amides is 1. The first kappa shape index (κ1) is 13.7. The van der Waals surface area contributed by atoms with E-state index < -0.39 is 0 Å². The van der Waals surface area contributed by atoms with E-state index in [1.165, 1.54) is 25.7 Å². The van der Waals surface area contributed by atoms with Crippen molar-refractivity contribution in [3.63, 3.8) is 0 Å². The first-order valence-electron chi connectivity index (χ1n) is 7.05. The molecular formula is C15H21N3O. The molecule has 0 saturated heterocycles. The van der Waals surface area contributed by atoms with Gasteiger partial charge in [-0.3, -0.25) is 9.78 Å². The molecular weight excluding hydrogens is 238 g/mol. The summed E-state index contributed by atoms with van der Waals surface area (Å²) < 4.78 is 0. The SMILES string of the molecule is CCCC1CCC(=NNC(=O)c2ccncc2)CC1. The minimum absolute atomic E-state index is 0.161. The van der Waals surface area contributed by atoms with Gasteiger partial charge in [0.2, 0.25) is 0 Å². The summed E-state index contributed by atoms with van der Waals surface area (Å²) in [5, 5.41) is 4.25. The molecule has 0 radical (unpaired) electrons. The van der Waals surface area contributed by atoms with Crippen LogP contribution in [0.3, 0.4) is 0 Å². The number of hydrazone groups is 1. The lowest BCUT2D eigenvalue weighted by Gasteiger charge is -2.22. The lowest BCUT2D eigenvalue weighted by Crippen LogP contribution is -2.22. The van der Waals surface area contributed by atoms with Crippen LogP contribution in [0.1, 0.15) is 55.8 Å². The number of carbonyl (C=O) groups excluding carboxylic acids is 1. The zero-order chi connectivity index (χ0) is 13.5. The normalized spacial score (nSPS) is 19.0. The molecule has 102 valence electrons. The van der Waals surface area contributed by atoms with Gasteiger partial charge in [-0.1, -0.05) is 19.8 Å². The largest absolute Gasteiger partial charge is 0.271 e. The van der Waals surface area contributed by atoms with E-state index in [1.54, 1.807) is 24.5 Å². The molecule has 19 heavy (non-hydrogen) atoms. The monoisotopic (exact) mass is 259 g/mol. The highest BCUT2D eigenvalue weighted by Gasteiger charge is 2.17. The Morgan fingerprint density at radius 2 is 2.05 bits per heavy atom. The fourth-order valence-electron chi connectivity index (χ4n) is 2.52. The Bertz CT molecular complexity index is 432. The number of carbonyl (C=O) groups is 1. The second-order valence-electron chi connectivity index (χ2n) is 5.09. The smallest absolute Gasteiger partial charge is 0.267 e. The van der Waals surface area contributed by atoms with Crippen LogP contribution in [0.15, 0.2) is 29.6 Å². The molecule has 1 amide bonds. The zero-order valence-electron chi connectivity index (χ0n) is 11.4. The second-order valence-corrected chi connectivity index (χ2v) is 5.09. The fourth-order valence-corrected chi connectivity index (χ4v) is 2.52. The van der Waals surface area contributed by atoms with Crippen LogP contribution in [0.25, 0.3) is 0 Å². The summed E-state index contributed by atoms with van der Waals surface area (Å²) in [7, 11) is 0. The van der Waals surface area contributed by atoms with Crippen LogP contribution in [0.2, 0.25) is 0 Å². The van der Waals surface area contributed by atoms with Crippen molar-refractivity contribution in [2.45, 2.75) is 45.4 Å². The first-order valence-corrected chi connectivity index (χ1v) is 7.05. The summed E-state index contributed by atoms with van der Waals surface area (Å²) in [6, 6.07) is 3.38. The Labute approximate surface area is 114 Å². The van der Waals surface area contributed by atoms with Crippen LogP contribution in [0.4, 0.5) is 0 Å². The van der Waals surface area contributed by atoms with Crippen LogP contribution in [0, 0.1) is 5.92 Å². The van der Waals surface area contributed by atoms with Crippen molar-refractivity contribution in [1.82, 2.24) is 10.4 Å². The van der Waals surface area contributed by atoms with Crippen LogP contribution in [-0.4, -0.2) is 16.6 Å². The molecule has 0 spiro atoms. The molecule has 4 nitrogen and oxygen atoms in total. The molecule has 0 unspecified atom stereocenters. The highest BCUT2D eigenvalue weighted by atomic mass is 16.2. The number of hydrogen-bond donors (Lipinski definition) is 1. The number of nitrogens with one attached hydrogen (secondary N) is 1. The molecule has 1 aliphatic rings. The van der Waals surface area contributed by atoms with Gasteiger partial charge in [0, 0.05) is 23.7 Å². The number of aromatic nitrogens is 1. The average Bonchev–Trinajstić information content (AvgIpc) is 2.47. The number of hydrogen-bond acceptors (Lipinski definition) is 3. The van der Waals surface area contributed by atoms with Crippen molar-refractivity contribution >= 4 is 11.6 Å². The van der Waals surface area contributed by atoms with Gasteiger partial charge in [-0.25, -0.2) is 5.43 Å². The maximum atomic E-state index is 11.8. The van der Waals surface area contributed by atoms with E-state index in [0.717, 1.165) is 24.5 Å². The summed E-state index contributed by atoms with van der Waals surface area (Å²) in [6.07, 6.45) is 10.2. The first-order chi connectivity index (χ1) is 9.29. The zero-order valence-corrected chi connectivity index (χ0v) is 11.4. The van der Waals surface area contributed by atoms with Gasteiger partial charge in [0.05, 0.1) is 0 Å². The van der Waals surface area contributed by atoms with E-state index in [0.29, 0.717) is 5.56 Å². The predicted octanol–water partition coefficient (Wildman–Crippen LogP) is 3.16. The van der Waals surface area contributed by atoms with E-state index in [-0.39, 0.29) is 5.91 Å². The lowest BCUT2D eigenvalue weighted by molar-refractivity contribution is 0.0954. The molecule has 0 atom stereocenters. The van der Waals surface area contributed by atoms with E-state index in [4.69, 9.17) is 0 Å². The summed E-state index contributed by atoms with van der Waals surface area (Å²) in [5.74, 6) is 0.686. The molecule has 1 saturated carbocycles. The van der Waals surface area contributed by atoms with Gasteiger partial charge < -0.3 is 0 Å². The van der Waals surface area contributed by atoms with Crippen molar-refractivity contribution in [3.05, 3.63) is 30.1 Å². The third-order valence-electron chi connectivity index (χ3n) is 3.64. The minimum atomic E-state index is -0.161. The van der Waals surface area contributed by atoms with Gasteiger partial charge in [0.25, 0.3) is 5.91 Å². The third-order valence-corrected chi connectivity index (χ3v) is 3.64. The van der Waals surface area contributed by atoms with Crippen molar-refractivity contribution in [3.8, 4) is 0 Å². The van der Waals surface area contributed by atoms with Gasteiger partial charge in [0.1, 0.15) is 0 Å². The molecule has 4 heteroatoms. The Morgan fingerprint density at radius 1 is 1.37 bits per heavy atom. The molecule has 0 aromatic carbocycles. The Hall–Kier alpha value is -1.71. The Kier molecular flexibility index (Phi) is 5.07. The molecule has 1 heterocycles. The maximum Gasteiger partial charge on any atom is 0.271 e. The van der Waals surface area contributed by atoms with E-state index in [9.17, 15) is 4.79 Å². The summed E-state index contributed by atoms with van der Waals surface area (Å²) >= 11 is 0. The maximum absolute atomic E-state index is 11.8. The molecule has 0 aliphatic heterocycles. The van der Waals surface area contributed by atoms with Crippen LogP contribution in [0.5, 0.6) is 0 Å². The van der Waals surface area contributed by atoms with Gasteiger partial charge in [-0.2, -0.15) is 5.10 Å². The lowest BCUT2D eigenvalue weighted by atomic mass is 9.85. The molecule has 1 aromatic rings. The van der Waals surface area contributed by atoms with Crippen molar-refractivity contribution in [1.29, 1.82) is 0 Å². The predicted molar refractivity (Wildman–Crippen MR) is 76.0 cm³/mol. The molecule has 2 rings (SSSR count). The van der Waals surface area contributed by atoms with Gasteiger partial charge >= 0.3 is 0 Å². The minimum Gasteiger partial charge on any atom is -0.267 e. The van der Waals surface area contributed by atoms with E-state index in [1.807, 2.05) is 0 Å². The van der Waals surface area contributed by atoms with E-state index in [2.05, 4.69) is 22.4 Å². The highest BCUT2D eigenvalue weighted by molar-refractivity contribution is 5.95. The van der Waals surface area contributed by atoms with Crippen LogP contribution < -0.4 is 5.43 Å². The van der Waals surface area contributed by atoms with Crippen molar-refractivity contribution in [2.24, 2.45) is 11.0 Å². The number of pyridine rings is 1. The molecule has 1 aliphatic carbocycles. The molecule has 1 N–H and O–H groups in total. The van der Waals surface area contributed by atoms with Gasteiger partial charge in [-0.15, -0.1) is 0 Å². The highest BCUT2D eigenvalue weighted by Crippen LogP contribution is 2.25. The third kappa shape index (κ3) is 4.16. The van der Waals surface area contributed by atoms with Gasteiger partial charge in [0.15, 0.2) is 0 Å². The number of nitrogens with zero attached hydrogens (tertiary/aromatic N) is 2. The second kappa shape index (κ2) is 7.02. The van der Waals surface area contributed by atoms with Crippen LogP contribution >= 0.6 is 0 Å². The summed E-state index contributed by atoms with van der Waals surface area (Å²) in [5.41, 5.74) is 4.35. The molecule has 0 bridgehead atoms. The van der Waals surface area contributed by atoms with Gasteiger partial charge in [-0.05, 0) is 43.7 Å². The Morgan fingerprint density at radius 3 is 2.68 bits per heavy atom. The Balaban J connectivity index is 1.82. The van der Waals surface area contributed by atoms with Crippen molar-refractivity contribution < 1.29 is 4.79 Å². The molecule has 1 fully saturated rings. The standard InChI is InChI=1S/C15H21N3O/c1-2-3-12-4-6-14(7-5-12)17-18-15(19)13-8-10-16-11-9-13/h8-12H,2-7H2,1H3,(H,18,19). The quantitative estimate of drug-likeness (QED) is 0.844. The number of rotatable bonds is 4. The van der Waals surface area contributed by atoms with Crippen LogP contribution in [-0.2, 0) is 0 Å². The van der Waals surface area contributed by atoms with Crippen molar-refractivity contribution in [2.75, 3.05) is 0 Å². The fraction of sp³-hybridized carbons (Fsp3) is 0.533. The summed E-state index contributed by atoms with van der Waals surface area (Å²) in [6.45, 7) is 2.23. The van der Waals surface area contributed by atoms with E-state index >= 15 is 0 Å². The average molecular weight is 259 g/mol. The molecule has 1 aromatic heterocycles. The summed E-state index contributed by atoms with van der Waals surface area (Å²) in [4.78, 5) is 15.7.